The molecule has 2 N–H and O–H groups in total. The van der Waals surface area contributed by atoms with Crippen molar-refractivity contribution in [3.05, 3.63) is 23.6 Å². The SMILES string of the molecule is CCCNc1ncc(F)cc1C(=O)NCCS(C)(=O)=O. The van der Waals surface area contributed by atoms with E-state index < -0.39 is 21.6 Å². The van der Waals surface area contributed by atoms with E-state index in [1.807, 2.05) is 6.92 Å². The summed E-state index contributed by atoms with van der Waals surface area (Å²) in [4.78, 5) is 15.7. The van der Waals surface area contributed by atoms with E-state index in [2.05, 4.69) is 15.6 Å². The minimum Gasteiger partial charge on any atom is -0.369 e. The molecule has 112 valence electrons. The molecule has 0 spiro atoms. The fraction of sp³-hybridized carbons (Fsp3) is 0.500. The molecule has 0 aliphatic heterocycles. The summed E-state index contributed by atoms with van der Waals surface area (Å²) < 4.78 is 35.1. The van der Waals surface area contributed by atoms with Gasteiger partial charge < -0.3 is 10.6 Å². The minimum absolute atomic E-state index is 0.0264. The molecule has 1 rings (SSSR count). The first-order chi connectivity index (χ1) is 9.33. The second kappa shape index (κ2) is 7.18. The number of halogens is 1. The number of nitrogens with one attached hydrogen (secondary N) is 2. The molecule has 0 radical (unpaired) electrons. The average Bonchev–Trinajstić information content (AvgIpc) is 2.35. The van der Waals surface area contributed by atoms with Gasteiger partial charge in [-0.25, -0.2) is 17.8 Å². The van der Waals surface area contributed by atoms with Gasteiger partial charge in [-0.1, -0.05) is 6.92 Å². The van der Waals surface area contributed by atoms with Crippen molar-refractivity contribution in [3.63, 3.8) is 0 Å². The van der Waals surface area contributed by atoms with E-state index in [1.54, 1.807) is 0 Å². The van der Waals surface area contributed by atoms with Gasteiger partial charge in [-0.05, 0) is 12.5 Å². The van der Waals surface area contributed by atoms with Gasteiger partial charge >= 0.3 is 0 Å². The maximum atomic E-state index is 13.2. The highest BCUT2D eigenvalue weighted by atomic mass is 32.2. The highest BCUT2D eigenvalue weighted by Gasteiger charge is 2.14. The lowest BCUT2D eigenvalue weighted by molar-refractivity contribution is 0.0956. The first-order valence-corrected chi connectivity index (χ1v) is 8.25. The van der Waals surface area contributed by atoms with E-state index in [9.17, 15) is 17.6 Å². The highest BCUT2D eigenvalue weighted by molar-refractivity contribution is 7.90. The zero-order chi connectivity index (χ0) is 15.2. The predicted molar refractivity (Wildman–Crippen MR) is 75.0 cm³/mol. The lowest BCUT2D eigenvalue weighted by Crippen LogP contribution is -2.29. The maximum Gasteiger partial charge on any atom is 0.255 e. The summed E-state index contributed by atoms with van der Waals surface area (Å²) >= 11 is 0. The normalized spacial score (nSPS) is 11.2. The number of nitrogens with zero attached hydrogens (tertiary/aromatic N) is 1. The molecule has 6 nitrogen and oxygen atoms in total. The number of carbonyl (C=O) groups excluding carboxylic acids is 1. The fourth-order valence-electron chi connectivity index (χ4n) is 1.44. The van der Waals surface area contributed by atoms with Crippen LogP contribution in [0.2, 0.25) is 0 Å². The number of rotatable bonds is 7. The van der Waals surface area contributed by atoms with E-state index in [4.69, 9.17) is 0 Å². The summed E-state index contributed by atoms with van der Waals surface area (Å²) in [6, 6.07) is 1.07. The topological polar surface area (TPSA) is 88.2 Å². The molecule has 20 heavy (non-hydrogen) atoms. The number of hydrogen-bond acceptors (Lipinski definition) is 5. The molecule has 8 heteroatoms. The van der Waals surface area contributed by atoms with Gasteiger partial charge in [0, 0.05) is 19.3 Å². The second-order valence-corrected chi connectivity index (χ2v) is 6.62. The predicted octanol–water partition coefficient (Wildman–Crippen LogP) is 0.817. The Balaban J connectivity index is 2.77. The number of carbonyl (C=O) groups is 1. The van der Waals surface area contributed by atoms with Crippen molar-refractivity contribution in [2.75, 3.05) is 30.4 Å². The van der Waals surface area contributed by atoms with Crippen LogP contribution in [-0.4, -0.2) is 44.4 Å². The van der Waals surface area contributed by atoms with Crippen LogP contribution in [0.4, 0.5) is 10.2 Å². The molecule has 1 aromatic heterocycles. The number of hydrogen-bond donors (Lipinski definition) is 2. The van der Waals surface area contributed by atoms with Crippen molar-refractivity contribution >= 4 is 21.6 Å². The van der Waals surface area contributed by atoms with Crippen molar-refractivity contribution in [1.82, 2.24) is 10.3 Å². The third kappa shape index (κ3) is 5.52. The Morgan fingerprint density at radius 2 is 2.10 bits per heavy atom. The molecule has 1 aromatic rings. The van der Waals surface area contributed by atoms with Gasteiger partial charge in [-0.15, -0.1) is 0 Å². The van der Waals surface area contributed by atoms with Crippen LogP contribution in [0.3, 0.4) is 0 Å². The smallest absolute Gasteiger partial charge is 0.255 e. The molecule has 0 aliphatic carbocycles. The van der Waals surface area contributed by atoms with Gasteiger partial charge in [0.15, 0.2) is 0 Å². The molecular formula is C12H18FN3O3S. The van der Waals surface area contributed by atoms with Crippen molar-refractivity contribution in [1.29, 1.82) is 0 Å². The molecule has 0 aromatic carbocycles. The number of amides is 1. The maximum absolute atomic E-state index is 13.2. The summed E-state index contributed by atoms with van der Waals surface area (Å²) in [5.41, 5.74) is 0.0620. The van der Waals surface area contributed by atoms with Gasteiger partial charge in [-0.2, -0.15) is 0 Å². The average molecular weight is 303 g/mol. The van der Waals surface area contributed by atoms with Crippen LogP contribution in [0.15, 0.2) is 12.3 Å². The third-order valence-electron chi connectivity index (χ3n) is 2.40. The van der Waals surface area contributed by atoms with Gasteiger partial charge in [0.1, 0.15) is 21.5 Å². The number of sulfone groups is 1. The van der Waals surface area contributed by atoms with Crippen LogP contribution in [0, 0.1) is 5.82 Å². The summed E-state index contributed by atoms with van der Waals surface area (Å²) in [5.74, 6) is -1.07. The van der Waals surface area contributed by atoms with Crippen LogP contribution in [0.5, 0.6) is 0 Å². The lowest BCUT2D eigenvalue weighted by atomic mass is 10.2. The Morgan fingerprint density at radius 3 is 2.70 bits per heavy atom. The molecule has 0 saturated heterocycles. The van der Waals surface area contributed by atoms with E-state index in [1.165, 1.54) is 0 Å². The molecule has 0 atom stereocenters. The summed E-state index contributed by atoms with van der Waals surface area (Å²) in [6.45, 7) is 2.52. The zero-order valence-corrected chi connectivity index (χ0v) is 12.3. The van der Waals surface area contributed by atoms with Crippen LogP contribution in [-0.2, 0) is 9.84 Å². The molecule has 1 amide bonds. The molecule has 1 heterocycles. The number of anilines is 1. The van der Waals surface area contributed by atoms with Gasteiger partial charge in [0.05, 0.1) is 17.5 Å². The quantitative estimate of drug-likeness (QED) is 0.778. The lowest BCUT2D eigenvalue weighted by Gasteiger charge is -2.10. The van der Waals surface area contributed by atoms with Crippen molar-refractivity contribution in [2.45, 2.75) is 13.3 Å². The Morgan fingerprint density at radius 1 is 1.40 bits per heavy atom. The minimum atomic E-state index is -3.15. The number of pyridine rings is 1. The monoisotopic (exact) mass is 303 g/mol. The summed E-state index contributed by atoms with van der Waals surface area (Å²) in [6.07, 6.45) is 2.93. The summed E-state index contributed by atoms with van der Waals surface area (Å²) in [5, 5.41) is 5.36. The molecular weight excluding hydrogens is 285 g/mol. The molecule has 0 fully saturated rings. The van der Waals surface area contributed by atoms with Gasteiger partial charge in [0.25, 0.3) is 5.91 Å². The van der Waals surface area contributed by atoms with Crippen LogP contribution < -0.4 is 10.6 Å². The van der Waals surface area contributed by atoms with Gasteiger partial charge in [-0.3, -0.25) is 4.79 Å². The van der Waals surface area contributed by atoms with Gasteiger partial charge in [0.2, 0.25) is 0 Å². The Kier molecular flexibility index (Phi) is 5.87. The molecule has 0 saturated carbocycles. The van der Waals surface area contributed by atoms with E-state index in [-0.39, 0.29) is 23.7 Å². The van der Waals surface area contributed by atoms with Crippen molar-refractivity contribution < 1.29 is 17.6 Å². The Bertz CT molecular complexity index is 575. The Hall–Kier alpha value is -1.70. The molecule has 0 aliphatic rings. The van der Waals surface area contributed by atoms with E-state index >= 15 is 0 Å². The molecule has 0 unspecified atom stereocenters. The highest BCUT2D eigenvalue weighted by Crippen LogP contribution is 2.13. The summed E-state index contributed by atoms with van der Waals surface area (Å²) in [7, 11) is -3.15. The molecule has 0 bridgehead atoms. The standard InChI is InChI=1S/C12H18FN3O3S/c1-3-4-14-11-10(7-9(13)8-16-11)12(17)15-5-6-20(2,18)19/h7-8H,3-6H2,1-2H3,(H,14,16)(H,15,17). The fourth-order valence-corrected chi connectivity index (χ4v) is 1.91. The van der Waals surface area contributed by atoms with Crippen LogP contribution in [0.25, 0.3) is 0 Å². The van der Waals surface area contributed by atoms with E-state index in [0.29, 0.717) is 6.54 Å². The van der Waals surface area contributed by atoms with Crippen LogP contribution >= 0.6 is 0 Å². The number of aromatic nitrogens is 1. The first-order valence-electron chi connectivity index (χ1n) is 6.19. The zero-order valence-electron chi connectivity index (χ0n) is 11.4. The Labute approximate surface area is 117 Å². The third-order valence-corrected chi connectivity index (χ3v) is 3.35. The first kappa shape index (κ1) is 16.4. The van der Waals surface area contributed by atoms with Crippen molar-refractivity contribution in [3.8, 4) is 0 Å². The van der Waals surface area contributed by atoms with E-state index in [0.717, 1.165) is 24.9 Å². The largest absolute Gasteiger partial charge is 0.369 e. The van der Waals surface area contributed by atoms with Crippen LogP contribution in [0.1, 0.15) is 23.7 Å². The second-order valence-electron chi connectivity index (χ2n) is 4.36. The van der Waals surface area contributed by atoms with Crippen molar-refractivity contribution in [2.24, 2.45) is 0 Å².